The van der Waals surface area contributed by atoms with Gasteiger partial charge in [0.05, 0.1) is 21.7 Å². The smallest absolute Gasteiger partial charge is 0.271 e. The lowest BCUT2D eigenvalue weighted by atomic mass is 10.1. The Labute approximate surface area is 164 Å². The Hall–Kier alpha value is -2.48. The summed E-state index contributed by atoms with van der Waals surface area (Å²) in [7, 11) is 0. The fraction of sp³-hybridized carbons (Fsp3) is 0.0556. The number of non-ortho nitro benzene ring substituents is 1. The van der Waals surface area contributed by atoms with Crippen molar-refractivity contribution >= 4 is 51.6 Å². The molecule has 5 nitrogen and oxygen atoms in total. The maximum absolute atomic E-state index is 11.0. The van der Waals surface area contributed by atoms with Crippen LogP contribution in [0.5, 0.6) is 0 Å². The molecule has 0 unspecified atom stereocenters. The van der Waals surface area contributed by atoms with E-state index in [0.717, 1.165) is 10.4 Å². The molecule has 1 heterocycles. The van der Waals surface area contributed by atoms with Crippen LogP contribution in [0, 0.1) is 10.1 Å². The molecular weight excluding hydrogens is 390 g/mol. The van der Waals surface area contributed by atoms with Gasteiger partial charge >= 0.3 is 0 Å². The maximum Gasteiger partial charge on any atom is 0.271 e. The molecule has 0 bridgehead atoms. The van der Waals surface area contributed by atoms with Crippen LogP contribution in [0.1, 0.15) is 16.5 Å². The van der Waals surface area contributed by atoms with Gasteiger partial charge in [-0.25, -0.2) is 0 Å². The molecule has 132 valence electrons. The third kappa shape index (κ3) is 4.37. The van der Waals surface area contributed by atoms with E-state index in [4.69, 9.17) is 23.8 Å². The van der Waals surface area contributed by atoms with Crippen molar-refractivity contribution in [3.8, 4) is 0 Å². The number of nitrogens with zero attached hydrogens (tertiary/aromatic N) is 1. The number of benzene rings is 2. The minimum atomic E-state index is -0.476. The number of nitrogens with one attached hydrogen (secondary N) is 2. The predicted octanol–water partition coefficient (Wildman–Crippen LogP) is 5.39. The van der Waals surface area contributed by atoms with Gasteiger partial charge in [0, 0.05) is 17.0 Å². The van der Waals surface area contributed by atoms with Crippen molar-refractivity contribution in [1.29, 1.82) is 0 Å². The lowest BCUT2D eigenvalue weighted by Crippen LogP contribution is -2.32. The van der Waals surface area contributed by atoms with Crippen LogP contribution in [0.2, 0.25) is 5.02 Å². The Morgan fingerprint density at radius 1 is 1.15 bits per heavy atom. The van der Waals surface area contributed by atoms with Gasteiger partial charge in [-0.2, -0.15) is 0 Å². The van der Waals surface area contributed by atoms with Crippen molar-refractivity contribution in [1.82, 2.24) is 5.32 Å². The molecule has 0 fully saturated rings. The Morgan fingerprint density at radius 3 is 2.58 bits per heavy atom. The highest BCUT2D eigenvalue weighted by atomic mass is 35.5. The summed E-state index contributed by atoms with van der Waals surface area (Å²) in [4.78, 5) is 11.6. The summed E-state index contributed by atoms with van der Waals surface area (Å²) in [5, 5.41) is 19.9. The van der Waals surface area contributed by atoms with Crippen molar-refractivity contribution in [2.75, 3.05) is 5.32 Å². The van der Waals surface area contributed by atoms with Crippen LogP contribution >= 0.6 is 35.2 Å². The minimum Gasteiger partial charge on any atom is -0.351 e. The monoisotopic (exact) mass is 403 g/mol. The first-order chi connectivity index (χ1) is 12.5. The molecule has 2 aromatic carbocycles. The van der Waals surface area contributed by atoms with Crippen LogP contribution in [-0.4, -0.2) is 10.0 Å². The lowest BCUT2D eigenvalue weighted by molar-refractivity contribution is -0.384. The first-order valence-electron chi connectivity index (χ1n) is 7.64. The Morgan fingerprint density at radius 2 is 1.92 bits per heavy atom. The van der Waals surface area contributed by atoms with E-state index in [2.05, 4.69) is 10.6 Å². The van der Waals surface area contributed by atoms with Crippen LogP contribution in [0.25, 0.3) is 0 Å². The van der Waals surface area contributed by atoms with Gasteiger partial charge in [0.15, 0.2) is 5.11 Å². The molecule has 8 heteroatoms. The van der Waals surface area contributed by atoms with Crippen molar-refractivity contribution in [3.05, 3.63) is 91.6 Å². The molecule has 0 aliphatic rings. The van der Waals surface area contributed by atoms with Crippen LogP contribution in [0.4, 0.5) is 11.4 Å². The van der Waals surface area contributed by atoms with Crippen molar-refractivity contribution in [2.24, 2.45) is 0 Å². The summed E-state index contributed by atoms with van der Waals surface area (Å²) in [6.07, 6.45) is 0. The van der Waals surface area contributed by atoms with Crippen molar-refractivity contribution in [2.45, 2.75) is 6.04 Å². The molecule has 26 heavy (non-hydrogen) atoms. The maximum atomic E-state index is 11.0. The molecule has 1 atom stereocenters. The van der Waals surface area contributed by atoms with E-state index >= 15 is 0 Å². The number of anilines is 1. The molecule has 0 radical (unpaired) electrons. The second-order valence-electron chi connectivity index (χ2n) is 5.38. The third-order valence-corrected chi connectivity index (χ3v) is 5.13. The standard InChI is InChI=1S/C18H14ClN3O2S2/c19-14-9-8-13(22(23)24)11-15(14)20-18(25)21-17(16-7-4-10-26-16)12-5-2-1-3-6-12/h1-11,17H,(H2,20,21,25)/t17-/m0/s1. The van der Waals surface area contributed by atoms with Gasteiger partial charge in [0.1, 0.15) is 0 Å². The third-order valence-electron chi connectivity index (χ3n) is 3.65. The quantitative estimate of drug-likeness (QED) is 0.340. The van der Waals surface area contributed by atoms with Crippen LogP contribution < -0.4 is 10.6 Å². The zero-order chi connectivity index (χ0) is 18.5. The van der Waals surface area contributed by atoms with Crippen molar-refractivity contribution in [3.63, 3.8) is 0 Å². The number of hydrogen-bond acceptors (Lipinski definition) is 4. The summed E-state index contributed by atoms with van der Waals surface area (Å²) in [5.74, 6) is 0. The number of nitro groups is 1. The fourth-order valence-corrected chi connectivity index (χ4v) is 3.63. The van der Waals surface area contributed by atoms with Gasteiger partial charge < -0.3 is 10.6 Å². The van der Waals surface area contributed by atoms with E-state index < -0.39 is 4.92 Å². The number of hydrogen-bond donors (Lipinski definition) is 2. The number of rotatable bonds is 5. The average Bonchev–Trinajstić information content (AvgIpc) is 3.16. The highest BCUT2D eigenvalue weighted by molar-refractivity contribution is 7.80. The zero-order valence-electron chi connectivity index (χ0n) is 13.4. The highest BCUT2D eigenvalue weighted by Crippen LogP contribution is 2.28. The fourth-order valence-electron chi connectivity index (χ4n) is 2.43. The van der Waals surface area contributed by atoms with Crippen molar-refractivity contribution < 1.29 is 4.92 Å². The molecule has 3 rings (SSSR count). The second-order valence-corrected chi connectivity index (χ2v) is 7.17. The average molecular weight is 404 g/mol. The van der Waals surface area contributed by atoms with E-state index in [1.54, 1.807) is 11.3 Å². The second kappa shape index (κ2) is 8.27. The SMILES string of the molecule is O=[N+]([O-])c1ccc(Cl)c(NC(=S)N[C@@H](c2ccccc2)c2cccs2)c1. The Balaban J connectivity index is 1.81. The van der Waals surface area contributed by atoms with Gasteiger partial charge in [-0.1, -0.05) is 48.0 Å². The van der Waals surface area contributed by atoms with E-state index in [9.17, 15) is 10.1 Å². The van der Waals surface area contributed by atoms with Gasteiger partial charge in [-0.3, -0.25) is 10.1 Å². The Bertz CT molecular complexity index is 917. The van der Waals surface area contributed by atoms with Gasteiger partial charge in [0.2, 0.25) is 0 Å². The normalized spacial score (nSPS) is 11.6. The van der Waals surface area contributed by atoms with Gasteiger partial charge in [-0.05, 0) is 35.3 Å². The number of thiocarbonyl (C=S) groups is 1. The van der Waals surface area contributed by atoms with Crippen LogP contribution in [0.15, 0.2) is 66.0 Å². The van der Waals surface area contributed by atoms with Gasteiger partial charge in [0.25, 0.3) is 5.69 Å². The molecule has 0 amide bonds. The van der Waals surface area contributed by atoms with E-state index in [0.29, 0.717) is 15.8 Å². The summed E-state index contributed by atoms with van der Waals surface area (Å²) >= 11 is 13.2. The summed E-state index contributed by atoms with van der Waals surface area (Å²) < 4.78 is 0. The topological polar surface area (TPSA) is 67.2 Å². The summed E-state index contributed by atoms with van der Waals surface area (Å²) in [6.45, 7) is 0. The molecule has 2 N–H and O–H groups in total. The number of nitro benzene ring substituents is 1. The minimum absolute atomic E-state index is 0.0578. The van der Waals surface area contributed by atoms with E-state index in [1.807, 2.05) is 47.8 Å². The molecule has 0 spiro atoms. The predicted molar refractivity (Wildman–Crippen MR) is 110 cm³/mol. The van der Waals surface area contributed by atoms with Crippen LogP contribution in [0.3, 0.4) is 0 Å². The molecule has 0 saturated carbocycles. The first-order valence-corrected chi connectivity index (χ1v) is 9.31. The summed E-state index contributed by atoms with van der Waals surface area (Å²) in [6, 6.07) is 18.0. The molecule has 0 aliphatic carbocycles. The zero-order valence-corrected chi connectivity index (χ0v) is 15.8. The number of thiophene rings is 1. The molecule has 0 aliphatic heterocycles. The number of halogens is 1. The first kappa shape index (κ1) is 18.3. The summed E-state index contributed by atoms with van der Waals surface area (Å²) in [5.41, 5.74) is 1.39. The largest absolute Gasteiger partial charge is 0.351 e. The lowest BCUT2D eigenvalue weighted by Gasteiger charge is -2.20. The van der Waals surface area contributed by atoms with E-state index in [-0.39, 0.29) is 11.7 Å². The molecule has 3 aromatic rings. The molecule has 0 saturated heterocycles. The van der Waals surface area contributed by atoms with Crippen LogP contribution in [-0.2, 0) is 0 Å². The molecule has 1 aromatic heterocycles. The van der Waals surface area contributed by atoms with E-state index in [1.165, 1.54) is 18.2 Å². The molecular formula is C18H14ClN3O2S2. The Kier molecular flexibility index (Phi) is 5.82. The van der Waals surface area contributed by atoms with Gasteiger partial charge in [-0.15, -0.1) is 11.3 Å². The highest BCUT2D eigenvalue weighted by Gasteiger charge is 2.17.